The summed E-state index contributed by atoms with van der Waals surface area (Å²) in [5.41, 5.74) is 0.141. The first kappa shape index (κ1) is 17.9. The number of hydrogen-bond acceptors (Lipinski definition) is 3. The van der Waals surface area contributed by atoms with E-state index >= 15 is 0 Å². The fraction of sp³-hybridized carbons (Fsp3) is 0.500. The first-order chi connectivity index (χ1) is 9.77. The number of halogens is 2. The molecular weight excluding hydrogens is 317 g/mol. The van der Waals surface area contributed by atoms with Gasteiger partial charge in [0.1, 0.15) is 5.82 Å². The Morgan fingerprint density at radius 2 is 1.95 bits per heavy atom. The Balaban J connectivity index is 2.88. The van der Waals surface area contributed by atoms with Crippen LogP contribution in [0.25, 0.3) is 0 Å². The highest BCUT2D eigenvalue weighted by Crippen LogP contribution is 2.24. The summed E-state index contributed by atoms with van der Waals surface area (Å²) in [5.74, 6) is -1.30. The zero-order valence-corrected chi connectivity index (χ0v) is 13.7. The van der Waals surface area contributed by atoms with Gasteiger partial charge in [0, 0.05) is 22.8 Å². The minimum Gasteiger partial charge on any atom is -0.352 e. The highest BCUT2D eigenvalue weighted by Gasteiger charge is 2.20. The molecule has 1 aromatic rings. The lowest BCUT2D eigenvalue weighted by Gasteiger charge is -2.10. The molecule has 0 bridgehead atoms. The number of nitrogens with one attached hydrogen (secondary N) is 1. The van der Waals surface area contributed by atoms with Crippen molar-refractivity contribution in [2.75, 3.05) is 6.54 Å². The second-order valence-corrected chi connectivity index (χ2v) is 7.37. The van der Waals surface area contributed by atoms with E-state index in [1.807, 2.05) is 0 Å². The molecule has 0 saturated carbocycles. The molecule has 1 rings (SSSR count). The van der Waals surface area contributed by atoms with Gasteiger partial charge in [0.05, 0.1) is 4.90 Å². The van der Waals surface area contributed by atoms with Gasteiger partial charge in [0.15, 0.2) is 0 Å². The molecule has 1 amide bonds. The van der Waals surface area contributed by atoms with Crippen LogP contribution >= 0.6 is 10.7 Å². The Labute approximate surface area is 129 Å². The van der Waals surface area contributed by atoms with Crippen molar-refractivity contribution in [2.24, 2.45) is 0 Å². The third-order valence-electron chi connectivity index (χ3n) is 3.15. The topological polar surface area (TPSA) is 63.2 Å². The van der Waals surface area contributed by atoms with Gasteiger partial charge in [0.25, 0.3) is 15.0 Å². The molecule has 0 radical (unpaired) electrons. The molecule has 0 spiro atoms. The van der Waals surface area contributed by atoms with Gasteiger partial charge >= 0.3 is 0 Å². The Bertz CT molecular complexity index is 617. The number of amides is 1. The van der Waals surface area contributed by atoms with Gasteiger partial charge in [-0.1, -0.05) is 26.2 Å². The highest BCUT2D eigenvalue weighted by atomic mass is 35.7. The van der Waals surface area contributed by atoms with Crippen molar-refractivity contribution in [2.45, 2.75) is 44.4 Å². The molecule has 0 heterocycles. The van der Waals surface area contributed by atoms with E-state index in [-0.39, 0.29) is 16.0 Å². The molecule has 0 aliphatic carbocycles. The normalized spacial score (nSPS) is 11.4. The standard InChI is InChI=1S/C14H19ClFNO3S/c1-3-4-5-6-7-17-14(18)12-8-11(16)9-13(10(12)2)21(15,19)20/h8-9H,3-7H2,1-2H3,(H,17,18). The van der Waals surface area contributed by atoms with Crippen LogP contribution in [0, 0.1) is 12.7 Å². The van der Waals surface area contributed by atoms with Crippen LogP contribution in [0.1, 0.15) is 48.5 Å². The lowest BCUT2D eigenvalue weighted by atomic mass is 10.1. The van der Waals surface area contributed by atoms with E-state index in [9.17, 15) is 17.6 Å². The van der Waals surface area contributed by atoms with Crippen molar-refractivity contribution in [1.29, 1.82) is 0 Å². The lowest BCUT2D eigenvalue weighted by molar-refractivity contribution is 0.0951. The van der Waals surface area contributed by atoms with Crippen molar-refractivity contribution in [3.63, 3.8) is 0 Å². The summed E-state index contributed by atoms with van der Waals surface area (Å²) in [7, 11) is 1.16. The van der Waals surface area contributed by atoms with Crippen LogP contribution < -0.4 is 5.32 Å². The highest BCUT2D eigenvalue weighted by molar-refractivity contribution is 8.13. The molecule has 0 fully saturated rings. The van der Waals surface area contributed by atoms with Crippen LogP contribution in [0.2, 0.25) is 0 Å². The molecular formula is C14H19ClFNO3S. The predicted molar refractivity (Wildman–Crippen MR) is 80.7 cm³/mol. The zero-order chi connectivity index (χ0) is 16.0. The Kier molecular flexibility index (Phi) is 6.61. The lowest BCUT2D eigenvalue weighted by Crippen LogP contribution is -2.25. The monoisotopic (exact) mass is 335 g/mol. The minimum atomic E-state index is -4.09. The number of unbranched alkanes of at least 4 members (excludes halogenated alkanes) is 3. The summed E-state index contributed by atoms with van der Waals surface area (Å²) >= 11 is 0. The Morgan fingerprint density at radius 1 is 1.29 bits per heavy atom. The number of carbonyl (C=O) groups excluding carboxylic acids is 1. The maximum Gasteiger partial charge on any atom is 0.261 e. The van der Waals surface area contributed by atoms with Crippen LogP contribution in [0.3, 0.4) is 0 Å². The fourth-order valence-electron chi connectivity index (χ4n) is 1.99. The van der Waals surface area contributed by atoms with Crippen LogP contribution in [0.15, 0.2) is 17.0 Å². The van der Waals surface area contributed by atoms with Crippen molar-refractivity contribution in [1.82, 2.24) is 5.32 Å². The second kappa shape index (κ2) is 7.75. The molecule has 0 atom stereocenters. The predicted octanol–water partition coefficient (Wildman–Crippen LogP) is 3.37. The summed E-state index contributed by atoms with van der Waals surface area (Å²) in [4.78, 5) is 11.6. The summed E-state index contributed by atoms with van der Waals surface area (Å²) in [6, 6.07) is 1.83. The third kappa shape index (κ3) is 5.28. The molecule has 0 saturated heterocycles. The van der Waals surface area contributed by atoms with Crippen molar-refractivity contribution in [3.8, 4) is 0 Å². The van der Waals surface area contributed by atoms with E-state index in [1.165, 1.54) is 6.92 Å². The molecule has 4 nitrogen and oxygen atoms in total. The summed E-state index contributed by atoms with van der Waals surface area (Å²) < 4.78 is 36.2. The van der Waals surface area contributed by atoms with E-state index in [0.717, 1.165) is 37.8 Å². The summed E-state index contributed by atoms with van der Waals surface area (Å²) in [6.07, 6.45) is 4.01. The van der Waals surface area contributed by atoms with Gasteiger partial charge in [-0.25, -0.2) is 12.8 Å². The molecule has 0 unspecified atom stereocenters. The third-order valence-corrected chi connectivity index (χ3v) is 4.60. The number of rotatable bonds is 7. The number of hydrogen-bond donors (Lipinski definition) is 1. The van der Waals surface area contributed by atoms with Crippen molar-refractivity contribution in [3.05, 3.63) is 29.1 Å². The van der Waals surface area contributed by atoms with Gasteiger partial charge in [-0.15, -0.1) is 0 Å². The van der Waals surface area contributed by atoms with Gasteiger partial charge in [0.2, 0.25) is 0 Å². The molecule has 0 aliphatic heterocycles. The van der Waals surface area contributed by atoms with Crippen LogP contribution in [0.5, 0.6) is 0 Å². The Morgan fingerprint density at radius 3 is 2.52 bits per heavy atom. The van der Waals surface area contributed by atoms with E-state index < -0.39 is 20.8 Å². The number of benzene rings is 1. The molecule has 0 aromatic heterocycles. The maximum atomic E-state index is 13.5. The zero-order valence-electron chi connectivity index (χ0n) is 12.1. The van der Waals surface area contributed by atoms with E-state index in [0.29, 0.717) is 6.54 Å². The molecule has 1 aromatic carbocycles. The Hall–Kier alpha value is -1.14. The van der Waals surface area contributed by atoms with Crippen molar-refractivity contribution < 1.29 is 17.6 Å². The van der Waals surface area contributed by atoms with E-state index in [1.54, 1.807) is 0 Å². The number of carbonyl (C=O) groups is 1. The molecule has 118 valence electrons. The molecule has 0 aliphatic rings. The average molecular weight is 336 g/mol. The van der Waals surface area contributed by atoms with Gasteiger partial charge in [-0.05, 0) is 31.0 Å². The molecule has 21 heavy (non-hydrogen) atoms. The smallest absolute Gasteiger partial charge is 0.261 e. The van der Waals surface area contributed by atoms with E-state index in [4.69, 9.17) is 10.7 Å². The average Bonchev–Trinajstić information content (AvgIpc) is 2.39. The summed E-state index contributed by atoms with van der Waals surface area (Å²) in [6.45, 7) is 3.99. The van der Waals surface area contributed by atoms with Gasteiger partial charge in [-0.3, -0.25) is 4.79 Å². The molecule has 7 heteroatoms. The van der Waals surface area contributed by atoms with Crippen LogP contribution in [-0.4, -0.2) is 20.9 Å². The van der Waals surface area contributed by atoms with Crippen LogP contribution in [0.4, 0.5) is 4.39 Å². The van der Waals surface area contributed by atoms with Gasteiger partial charge in [-0.2, -0.15) is 0 Å². The van der Waals surface area contributed by atoms with Crippen molar-refractivity contribution >= 4 is 25.6 Å². The first-order valence-corrected chi connectivity index (χ1v) is 9.11. The molecule has 1 N–H and O–H groups in total. The van der Waals surface area contributed by atoms with Gasteiger partial charge < -0.3 is 5.32 Å². The first-order valence-electron chi connectivity index (χ1n) is 6.80. The largest absolute Gasteiger partial charge is 0.352 e. The fourth-order valence-corrected chi connectivity index (χ4v) is 3.20. The summed E-state index contributed by atoms with van der Waals surface area (Å²) in [5, 5.41) is 2.66. The quantitative estimate of drug-likeness (QED) is 0.613. The second-order valence-electron chi connectivity index (χ2n) is 4.83. The SMILES string of the molecule is CCCCCCNC(=O)c1cc(F)cc(S(=O)(=O)Cl)c1C. The minimum absolute atomic E-state index is 0.00952. The van der Waals surface area contributed by atoms with Crippen LogP contribution in [-0.2, 0) is 9.05 Å². The van der Waals surface area contributed by atoms with E-state index in [2.05, 4.69) is 12.2 Å². The maximum absolute atomic E-state index is 13.5.